The van der Waals surface area contributed by atoms with Gasteiger partial charge < -0.3 is 5.73 Å². The average Bonchev–Trinajstić information content (AvgIpc) is 2.94. The molecule has 108 valence electrons. The second kappa shape index (κ2) is 4.35. The maximum Gasteiger partial charge on any atom is 0.202 e. The number of nitrogens with zero attached hydrogens (tertiary/aromatic N) is 4. The van der Waals surface area contributed by atoms with Gasteiger partial charge in [-0.25, -0.2) is 4.98 Å². The summed E-state index contributed by atoms with van der Waals surface area (Å²) in [5.74, 6) is 1.12. The van der Waals surface area contributed by atoms with Crippen molar-refractivity contribution in [3.05, 3.63) is 41.1 Å². The van der Waals surface area contributed by atoms with Gasteiger partial charge in [0.05, 0.1) is 5.69 Å². The van der Waals surface area contributed by atoms with Gasteiger partial charge in [0.2, 0.25) is 5.95 Å². The fourth-order valence-electron chi connectivity index (χ4n) is 3.42. The van der Waals surface area contributed by atoms with Crippen LogP contribution < -0.4 is 5.73 Å². The van der Waals surface area contributed by atoms with Crippen LogP contribution in [0.25, 0.3) is 11.2 Å². The highest BCUT2D eigenvalue weighted by molar-refractivity contribution is 5.77. The van der Waals surface area contributed by atoms with Gasteiger partial charge in [-0.1, -0.05) is 31.2 Å². The highest BCUT2D eigenvalue weighted by atomic mass is 15.3. The molecular weight excluding hydrogens is 262 g/mol. The molecule has 3 aromatic rings. The zero-order valence-electron chi connectivity index (χ0n) is 12.4. The Labute approximate surface area is 123 Å². The lowest BCUT2D eigenvalue weighted by Crippen LogP contribution is -2.23. The van der Waals surface area contributed by atoms with Crippen molar-refractivity contribution >= 4 is 17.1 Å². The van der Waals surface area contributed by atoms with E-state index in [0.29, 0.717) is 11.9 Å². The van der Waals surface area contributed by atoms with Crippen molar-refractivity contribution in [2.75, 3.05) is 5.73 Å². The molecule has 5 nitrogen and oxygen atoms in total. The molecule has 1 unspecified atom stereocenters. The number of rotatable bonds is 3. The summed E-state index contributed by atoms with van der Waals surface area (Å²) < 4.78 is 4.02. The van der Waals surface area contributed by atoms with Crippen LogP contribution in [-0.2, 0) is 26.4 Å². The Morgan fingerprint density at radius 2 is 2.14 bits per heavy atom. The van der Waals surface area contributed by atoms with Gasteiger partial charge >= 0.3 is 0 Å². The third-order valence-corrected chi connectivity index (χ3v) is 4.52. The number of aryl methyl sites for hydroxylation is 2. The third-order valence-electron chi connectivity index (χ3n) is 4.52. The Hall–Kier alpha value is -2.30. The van der Waals surface area contributed by atoms with Gasteiger partial charge in [0.25, 0.3) is 0 Å². The molecule has 0 fully saturated rings. The van der Waals surface area contributed by atoms with Gasteiger partial charge in [0.15, 0.2) is 5.65 Å². The summed E-state index contributed by atoms with van der Waals surface area (Å²) in [5, 5.41) is 4.54. The monoisotopic (exact) mass is 281 g/mol. The smallest absolute Gasteiger partial charge is 0.202 e. The first kappa shape index (κ1) is 12.4. The van der Waals surface area contributed by atoms with Crippen LogP contribution in [0.15, 0.2) is 24.3 Å². The molecule has 2 heterocycles. The fourth-order valence-corrected chi connectivity index (χ4v) is 3.42. The van der Waals surface area contributed by atoms with E-state index in [-0.39, 0.29) is 0 Å². The Balaban J connectivity index is 1.75. The molecule has 0 saturated heterocycles. The molecule has 0 bridgehead atoms. The van der Waals surface area contributed by atoms with Gasteiger partial charge in [0.1, 0.15) is 5.52 Å². The molecule has 0 radical (unpaired) electrons. The second-order valence-electron chi connectivity index (χ2n) is 5.78. The number of nitrogens with two attached hydrogens (primary N) is 1. The van der Waals surface area contributed by atoms with Crippen molar-refractivity contribution in [3.8, 4) is 0 Å². The molecule has 2 N–H and O–H groups in total. The van der Waals surface area contributed by atoms with E-state index in [4.69, 9.17) is 5.73 Å². The average molecular weight is 281 g/mol. The van der Waals surface area contributed by atoms with Crippen LogP contribution in [0.2, 0.25) is 0 Å². The molecule has 0 aliphatic heterocycles. The number of imidazole rings is 1. The number of nitrogen functional groups attached to an aromatic ring is 1. The number of aromatic nitrogens is 4. The van der Waals surface area contributed by atoms with Crippen molar-refractivity contribution in [2.45, 2.75) is 32.2 Å². The largest absolute Gasteiger partial charge is 0.369 e. The van der Waals surface area contributed by atoms with Crippen LogP contribution in [0.5, 0.6) is 0 Å². The number of fused-ring (bicyclic) bond motifs is 2. The molecule has 1 aromatic carbocycles. The van der Waals surface area contributed by atoms with Crippen LogP contribution >= 0.6 is 0 Å². The summed E-state index contributed by atoms with van der Waals surface area (Å²) in [5.41, 5.74) is 12.1. The summed E-state index contributed by atoms with van der Waals surface area (Å²) in [6.07, 6.45) is 1.99. The summed E-state index contributed by atoms with van der Waals surface area (Å²) >= 11 is 0. The van der Waals surface area contributed by atoms with Crippen LogP contribution in [0.3, 0.4) is 0 Å². The summed E-state index contributed by atoms with van der Waals surface area (Å²) in [4.78, 5) is 4.53. The minimum Gasteiger partial charge on any atom is -0.369 e. The highest BCUT2D eigenvalue weighted by Gasteiger charge is 2.28. The molecular formula is C16H19N5. The third kappa shape index (κ3) is 1.70. The lowest BCUT2D eigenvalue weighted by Gasteiger charge is -2.30. The van der Waals surface area contributed by atoms with Crippen LogP contribution in [-0.4, -0.2) is 19.3 Å². The first-order chi connectivity index (χ1) is 10.2. The maximum atomic E-state index is 6.15. The molecule has 0 saturated carbocycles. The van der Waals surface area contributed by atoms with Gasteiger partial charge in [-0.3, -0.25) is 9.25 Å². The van der Waals surface area contributed by atoms with Gasteiger partial charge in [-0.05, 0) is 24.0 Å². The topological polar surface area (TPSA) is 61.7 Å². The fraction of sp³-hybridized carbons (Fsp3) is 0.375. The first-order valence-corrected chi connectivity index (χ1v) is 7.44. The van der Waals surface area contributed by atoms with Crippen molar-refractivity contribution in [1.82, 2.24) is 19.3 Å². The van der Waals surface area contributed by atoms with E-state index in [0.717, 1.165) is 36.2 Å². The van der Waals surface area contributed by atoms with Crippen molar-refractivity contribution in [1.29, 1.82) is 0 Å². The predicted octanol–water partition coefficient (Wildman–Crippen LogP) is 2.25. The van der Waals surface area contributed by atoms with E-state index in [9.17, 15) is 0 Å². The van der Waals surface area contributed by atoms with Gasteiger partial charge in [0, 0.05) is 19.5 Å². The molecule has 5 heteroatoms. The van der Waals surface area contributed by atoms with Crippen LogP contribution in [0.1, 0.15) is 29.7 Å². The summed E-state index contributed by atoms with van der Waals surface area (Å²) in [6, 6.07) is 8.64. The lowest BCUT2D eigenvalue weighted by molar-refractivity contribution is 0.514. The van der Waals surface area contributed by atoms with Crippen LogP contribution in [0, 0.1) is 0 Å². The summed E-state index contributed by atoms with van der Waals surface area (Å²) in [6.45, 7) is 2.97. The van der Waals surface area contributed by atoms with E-state index < -0.39 is 0 Å². The Morgan fingerprint density at radius 1 is 1.33 bits per heavy atom. The SMILES string of the molecule is CCc1nn(C)c2c1nc(N)n2CC1Cc2ccccc21. The zero-order chi connectivity index (χ0) is 14.6. The van der Waals surface area contributed by atoms with E-state index in [1.807, 2.05) is 11.7 Å². The van der Waals surface area contributed by atoms with Crippen molar-refractivity contribution in [3.63, 3.8) is 0 Å². The molecule has 1 aliphatic carbocycles. The highest BCUT2D eigenvalue weighted by Crippen LogP contribution is 2.37. The van der Waals surface area contributed by atoms with E-state index in [1.54, 1.807) is 0 Å². The van der Waals surface area contributed by atoms with E-state index >= 15 is 0 Å². The normalized spacial score (nSPS) is 17.0. The molecule has 4 rings (SSSR count). The Kier molecular flexibility index (Phi) is 2.58. The number of benzene rings is 1. The first-order valence-electron chi connectivity index (χ1n) is 7.44. The van der Waals surface area contributed by atoms with E-state index in [2.05, 4.69) is 45.8 Å². The zero-order valence-corrected chi connectivity index (χ0v) is 12.4. The van der Waals surface area contributed by atoms with Crippen LogP contribution in [0.4, 0.5) is 5.95 Å². The number of hydrogen-bond acceptors (Lipinski definition) is 3. The molecule has 1 aliphatic rings. The minimum atomic E-state index is 0.529. The lowest BCUT2D eigenvalue weighted by atomic mass is 9.77. The maximum absolute atomic E-state index is 6.15. The Bertz CT molecular complexity index is 827. The second-order valence-corrected chi connectivity index (χ2v) is 5.78. The molecule has 0 spiro atoms. The minimum absolute atomic E-state index is 0.529. The van der Waals surface area contributed by atoms with E-state index in [1.165, 1.54) is 11.1 Å². The molecule has 21 heavy (non-hydrogen) atoms. The van der Waals surface area contributed by atoms with Crippen molar-refractivity contribution in [2.24, 2.45) is 7.05 Å². The van der Waals surface area contributed by atoms with Gasteiger partial charge in [-0.15, -0.1) is 0 Å². The standard InChI is InChI=1S/C16H19N5/c1-3-13-14-15(20(2)19-13)21(16(17)18-14)9-11-8-10-6-4-5-7-12(10)11/h4-7,11H,3,8-9H2,1-2H3,(H2,17,18). The quantitative estimate of drug-likeness (QED) is 0.801. The predicted molar refractivity (Wildman–Crippen MR) is 83.2 cm³/mol. The number of hydrogen-bond donors (Lipinski definition) is 1. The molecule has 2 aromatic heterocycles. The Morgan fingerprint density at radius 3 is 2.90 bits per heavy atom. The van der Waals surface area contributed by atoms with Gasteiger partial charge in [-0.2, -0.15) is 5.10 Å². The number of anilines is 1. The summed E-state index contributed by atoms with van der Waals surface area (Å²) in [7, 11) is 1.97. The van der Waals surface area contributed by atoms with Crippen molar-refractivity contribution < 1.29 is 0 Å². The molecule has 1 atom stereocenters. The molecule has 0 amide bonds.